The highest BCUT2D eigenvalue weighted by Gasteiger charge is 2.02. The topological polar surface area (TPSA) is 29.5 Å². The van der Waals surface area contributed by atoms with Crippen molar-refractivity contribution in [2.45, 2.75) is 4.83 Å². The first kappa shape index (κ1) is 10.9. The van der Waals surface area contributed by atoms with E-state index in [1.165, 1.54) is 0 Å². The summed E-state index contributed by atoms with van der Waals surface area (Å²) in [6.07, 6.45) is 0. The Bertz CT molecular complexity index is 248. The Morgan fingerprint density at radius 2 is 1.92 bits per heavy atom. The van der Waals surface area contributed by atoms with Crippen LogP contribution < -0.4 is 4.74 Å². The summed E-state index contributed by atoms with van der Waals surface area (Å²) >= 11 is 6.76. The summed E-state index contributed by atoms with van der Waals surface area (Å²) in [6, 6.07) is 6.69. The van der Waals surface area contributed by atoms with Gasteiger partial charge in [-0.05, 0) is 24.3 Å². The average molecular weight is 310 g/mol. The SMILES string of the molecule is Oc1ccc(OCC(Br)CBr)cc1. The monoisotopic (exact) mass is 308 g/mol. The molecule has 0 aliphatic rings. The second kappa shape index (κ2) is 5.50. The lowest BCUT2D eigenvalue weighted by atomic mass is 10.3. The van der Waals surface area contributed by atoms with Crippen molar-refractivity contribution in [3.8, 4) is 11.5 Å². The van der Waals surface area contributed by atoms with Crippen molar-refractivity contribution in [2.24, 2.45) is 0 Å². The lowest BCUT2D eigenvalue weighted by Gasteiger charge is -2.08. The molecule has 1 aromatic carbocycles. The number of phenols is 1. The molecule has 0 saturated heterocycles. The largest absolute Gasteiger partial charge is 0.508 e. The maximum absolute atomic E-state index is 9.01. The summed E-state index contributed by atoms with van der Waals surface area (Å²) in [5.41, 5.74) is 0. The Balaban J connectivity index is 2.41. The number of hydrogen-bond donors (Lipinski definition) is 1. The van der Waals surface area contributed by atoms with E-state index in [1.54, 1.807) is 24.3 Å². The minimum absolute atomic E-state index is 0.253. The molecule has 13 heavy (non-hydrogen) atoms. The molecule has 0 aliphatic carbocycles. The van der Waals surface area contributed by atoms with E-state index in [0.29, 0.717) is 11.4 Å². The maximum Gasteiger partial charge on any atom is 0.119 e. The minimum Gasteiger partial charge on any atom is -0.508 e. The fourth-order valence-corrected chi connectivity index (χ4v) is 1.09. The molecule has 0 radical (unpaired) electrons. The van der Waals surface area contributed by atoms with Crippen LogP contribution in [-0.2, 0) is 0 Å². The average Bonchev–Trinajstić information content (AvgIpc) is 2.16. The summed E-state index contributed by atoms with van der Waals surface area (Å²) in [4.78, 5) is 0.307. The number of aromatic hydroxyl groups is 1. The van der Waals surface area contributed by atoms with Crippen LogP contribution in [0.25, 0.3) is 0 Å². The first-order valence-corrected chi connectivity index (χ1v) is 5.88. The van der Waals surface area contributed by atoms with E-state index in [4.69, 9.17) is 9.84 Å². The summed E-state index contributed by atoms with van der Waals surface area (Å²) in [5, 5.41) is 9.86. The smallest absolute Gasteiger partial charge is 0.119 e. The number of halogens is 2. The van der Waals surface area contributed by atoms with E-state index in [2.05, 4.69) is 31.9 Å². The van der Waals surface area contributed by atoms with Gasteiger partial charge in [-0.15, -0.1) is 0 Å². The van der Waals surface area contributed by atoms with Crippen molar-refractivity contribution in [1.29, 1.82) is 0 Å². The van der Waals surface area contributed by atoms with E-state index >= 15 is 0 Å². The van der Waals surface area contributed by atoms with Crippen LogP contribution in [0.15, 0.2) is 24.3 Å². The summed E-state index contributed by atoms with van der Waals surface area (Å²) in [7, 11) is 0. The first-order chi connectivity index (χ1) is 6.22. The fraction of sp³-hybridized carbons (Fsp3) is 0.333. The van der Waals surface area contributed by atoms with Crippen molar-refractivity contribution >= 4 is 31.9 Å². The molecule has 4 heteroatoms. The van der Waals surface area contributed by atoms with Crippen LogP contribution in [0.1, 0.15) is 0 Å². The summed E-state index contributed by atoms with van der Waals surface area (Å²) in [5.74, 6) is 1.02. The van der Waals surface area contributed by atoms with Crippen molar-refractivity contribution in [2.75, 3.05) is 11.9 Å². The maximum atomic E-state index is 9.01. The van der Waals surface area contributed by atoms with E-state index in [0.717, 1.165) is 11.1 Å². The lowest BCUT2D eigenvalue weighted by molar-refractivity contribution is 0.325. The lowest BCUT2D eigenvalue weighted by Crippen LogP contribution is -2.11. The van der Waals surface area contributed by atoms with Crippen molar-refractivity contribution in [3.63, 3.8) is 0 Å². The van der Waals surface area contributed by atoms with Crippen LogP contribution in [0, 0.1) is 0 Å². The van der Waals surface area contributed by atoms with Gasteiger partial charge in [0.1, 0.15) is 18.1 Å². The van der Waals surface area contributed by atoms with E-state index in [9.17, 15) is 0 Å². The van der Waals surface area contributed by atoms with Crippen LogP contribution in [0.5, 0.6) is 11.5 Å². The van der Waals surface area contributed by atoms with Crippen LogP contribution in [-0.4, -0.2) is 21.9 Å². The van der Waals surface area contributed by atoms with Crippen LogP contribution in [0.4, 0.5) is 0 Å². The highest BCUT2D eigenvalue weighted by atomic mass is 79.9. The summed E-state index contributed by atoms with van der Waals surface area (Å²) in [6.45, 7) is 0.607. The Morgan fingerprint density at radius 3 is 2.46 bits per heavy atom. The van der Waals surface area contributed by atoms with Gasteiger partial charge in [-0.25, -0.2) is 0 Å². The molecule has 1 N–H and O–H groups in total. The Kier molecular flexibility index (Phi) is 4.59. The third-order valence-corrected chi connectivity index (χ3v) is 3.67. The first-order valence-electron chi connectivity index (χ1n) is 3.84. The standard InChI is InChI=1S/C9H10Br2O2/c10-5-7(11)6-13-9-3-1-8(12)2-4-9/h1-4,7,12H,5-6H2. The molecule has 1 rings (SSSR count). The van der Waals surface area contributed by atoms with Crippen LogP contribution >= 0.6 is 31.9 Å². The predicted octanol–water partition coefficient (Wildman–Crippen LogP) is 2.93. The van der Waals surface area contributed by atoms with Gasteiger partial charge in [-0.2, -0.15) is 0 Å². The molecule has 0 amide bonds. The Labute approximate surface area is 94.2 Å². The third-order valence-electron chi connectivity index (χ3n) is 1.43. The van der Waals surface area contributed by atoms with Crippen molar-refractivity contribution in [1.82, 2.24) is 0 Å². The van der Waals surface area contributed by atoms with Gasteiger partial charge >= 0.3 is 0 Å². The van der Waals surface area contributed by atoms with Gasteiger partial charge in [0.25, 0.3) is 0 Å². The zero-order valence-electron chi connectivity index (χ0n) is 6.91. The molecule has 0 aromatic heterocycles. The quantitative estimate of drug-likeness (QED) is 0.867. The molecular weight excluding hydrogens is 300 g/mol. The van der Waals surface area contributed by atoms with Gasteiger partial charge in [-0.3, -0.25) is 0 Å². The normalized spacial score (nSPS) is 12.5. The second-order valence-electron chi connectivity index (χ2n) is 2.56. The number of benzene rings is 1. The van der Waals surface area contributed by atoms with Crippen LogP contribution in [0.3, 0.4) is 0 Å². The molecule has 0 aliphatic heterocycles. The Hall–Kier alpha value is -0.220. The third kappa shape index (κ3) is 4.00. The van der Waals surface area contributed by atoms with Gasteiger partial charge in [0.15, 0.2) is 0 Å². The van der Waals surface area contributed by atoms with E-state index in [-0.39, 0.29) is 5.75 Å². The number of rotatable bonds is 4. The Morgan fingerprint density at radius 1 is 1.31 bits per heavy atom. The number of phenolic OH excluding ortho intramolecular Hbond substituents is 1. The van der Waals surface area contributed by atoms with Crippen molar-refractivity contribution in [3.05, 3.63) is 24.3 Å². The predicted molar refractivity (Wildman–Crippen MR) is 60.1 cm³/mol. The molecule has 1 unspecified atom stereocenters. The number of alkyl halides is 2. The number of hydrogen-bond acceptors (Lipinski definition) is 2. The molecule has 0 saturated carbocycles. The van der Waals surface area contributed by atoms with Gasteiger partial charge in [0.05, 0.1) is 4.83 Å². The van der Waals surface area contributed by atoms with Gasteiger partial charge < -0.3 is 9.84 Å². The minimum atomic E-state index is 0.253. The molecule has 1 atom stereocenters. The molecule has 72 valence electrons. The zero-order valence-corrected chi connectivity index (χ0v) is 10.1. The highest BCUT2D eigenvalue weighted by Crippen LogP contribution is 2.16. The highest BCUT2D eigenvalue weighted by molar-refractivity contribution is 9.12. The van der Waals surface area contributed by atoms with E-state index < -0.39 is 0 Å². The van der Waals surface area contributed by atoms with E-state index in [1.807, 2.05) is 0 Å². The van der Waals surface area contributed by atoms with Gasteiger partial charge in [0, 0.05) is 5.33 Å². The molecule has 0 heterocycles. The molecule has 0 fully saturated rings. The fourth-order valence-electron chi connectivity index (χ4n) is 0.774. The van der Waals surface area contributed by atoms with Crippen molar-refractivity contribution < 1.29 is 9.84 Å². The molecule has 2 nitrogen and oxygen atoms in total. The van der Waals surface area contributed by atoms with Gasteiger partial charge in [-0.1, -0.05) is 31.9 Å². The molecular formula is C9H10Br2O2. The van der Waals surface area contributed by atoms with Crippen LogP contribution in [0.2, 0.25) is 0 Å². The molecule has 1 aromatic rings. The molecule has 0 bridgehead atoms. The molecule has 0 spiro atoms. The summed E-state index contributed by atoms with van der Waals surface area (Å²) < 4.78 is 5.43. The second-order valence-corrected chi connectivity index (χ2v) is 4.50. The zero-order chi connectivity index (χ0) is 9.68. The number of ether oxygens (including phenoxy) is 1. The van der Waals surface area contributed by atoms with Gasteiger partial charge in [0.2, 0.25) is 0 Å².